The Morgan fingerprint density at radius 2 is 1.77 bits per heavy atom. The molecule has 0 bridgehead atoms. The average molecular weight is 554 g/mol. The lowest BCUT2D eigenvalue weighted by atomic mass is 9.49. The smallest absolute Gasteiger partial charge is 0.149 e. The van der Waals surface area contributed by atoms with Crippen LogP contribution in [0.4, 0.5) is 0 Å². The van der Waals surface area contributed by atoms with Gasteiger partial charge in [0.1, 0.15) is 18.2 Å². The molecular formula is C35H60BNO3. The van der Waals surface area contributed by atoms with Gasteiger partial charge in [-0.25, -0.2) is 0 Å². The number of ketones is 1. The van der Waals surface area contributed by atoms with E-state index >= 15 is 0 Å². The van der Waals surface area contributed by atoms with Crippen molar-refractivity contribution >= 4 is 19.9 Å². The van der Waals surface area contributed by atoms with Crippen molar-refractivity contribution in [2.75, 3.05) is 13.6 Å². The van der Waals surface area contributed by atoms with Crippen molar-refractivity contribution in [1.82, 2.24) is 4.90 Å². The molecule has 4 rings (SSSR count). The number of Topliss-reactive ketones (excluding diaryl/α,β-unsaturated/α-hetero) is 1. The molecule has 2 aliphatic carbocycles. The van der Waals surface area contributed by atoms with E-state index in [0.29, 0.717) is 65.9 Å². The molecule has 2 saturated carbocycles. The molecule has 2 heterocycles. The van der Waals surface area contributed by atoms with E-state index in [-0.39, 0.29) is 23.2 Å². The van der Waals surface area contributed by atoms with Gasteiger partial charge in [0.2, 0.25) is 0 Å². The fourth-order valence-corrected chi connectivity index (χ4v) is 10.4. The van der Waals surface area contributed by atoms with Crippen LogP contribution in [0.25, 0.3) is 0 Å². The topological polar surface area (TPSA) is 46.6 Å². The zero-order valence-corrected chi connectivity index (χ0v) is 27.2. The average Bonchev–Trinajstić information content (AvgIpc) is 3.40. The standard InChI is InChI=1S/C35H60BNO3/c1-23(2)10-9-11-24(3)33(5)17-14-29-31-28(13-16-34(29,33)6)32(40-30(31)22-38)25(4)35(7)18-12-26(21-37(35)8)20-27(39)15-19-36/h22-26,28-32H,9-21H2,1-8H3/t24-,25?,26?,28?,29?,30?,31?,32?,33-,34?,35?/m1/s1. The molecule has 0 aromatic heterocycles. The number of hydrogen-bond donors (Lipinski definition) is 0. The SMILES string of the molecule is [B]CCC(=O)CC1CCC(C)(C(C)C2OC(C=O)C3C2CCC2(C)C3CC[C@]2(C)[C@H](C)CCCC(C)C)N(C)C1. The van der Waals surface area contributed by atoms with Gasteiger partial charge in [-0.2, -0.15) is 0 Å². The van der Waals surface area contributed by atoms with Crippen LogP contribution in [0.1, 0.15) is 119 Å². The Hall–Kier alpha value is -0.675. The van der Waals surface area contributed by atoms with Crippen molar-refractivity contribution in [3.05, 3.63) is 0 Å². The van der Waals surface area contributed by atoms with Gasteiger partial charge in [0.05, 0.1) is 14.0 Å². The minimum atomic E-state index is -0.264. The summed E-state index contributed by atoms with van der Waals surface area (Å²) in [4.78, 5) is 27.4. The third-order valence-electron chi connectivity index (χ3n) is 13.7. The largest absolute Gasteiger partial charge is 0.367 e. The van der Waals surface area contributed by atoms with Crippen LogP contribution in [0.15, 0.2) is 0 Å². The molecule has 4 fully saturated rings. The summed E-state index contributed by atoms with van der Waals surface area (Å²) in [5.74, 6) is 3.94. The highest BCUT2D eigenvalue weighted by Gasteiger charge is 2.65. The van der Waals surface area contributed by atoms with Crippen LogP contribution in [-0.4, -0.2) is 56.2 Å². The van der Waals surface area contributed by atoms with E-state index < -0.39 is 0 Å². The predicted octanol–water partition coefficient (Wildman–Crippen LogP) is 7.54. The second kappa shape index (κ2) is 12.5. The molecule has 4 aliphatic rings. The Balaban J connectivity index is 1.48. The highest BCUT2D eigenvalue weighted by molar-refractivity contribution is 6.10. The van der Waals surface area contributed by atoms with Crippen LogP contribution in [-0.2, 0) is 14.3 Å². The lowest BCUT2D eigenvalue weighted by molar-refractivity contribution is -0.125. The fraction of sp³-hybridized carbons (Fsp3) is 0.943. The number of hydrogen-bond acceptors (Lipinski definition) is 4. The Bertz CT molecular complexity index is 894. The Morgan fingerprint density at radius 1 is 1.05 bits per heavy atom. The van der Waals surface area contributed by atoms with Crippen molar-refractivity contribution in [2.24, 2.45) is 52.3 Å². The maximum Gasteiger partial charge on any atom is 0.149 e. The van der Waals surface area contributed by atoms with Crippen LogP contribution in [0, 0.1) is 52.3 Å². The first-order chi connectivity index (χ1) is 18.8. The van der Waals surface area contributed by atoms with Crippen molar-refractivity contribution in [2.45, 2.75) is 143 Å². The lowest BCUT2D eigenvalue weighted by Gasteiger charge is -2.55. The molecule has 0 aromatic carbocycles. The Morgan fingerprint density at radius 3 is 2.40 bits per heavy atom. The molecule has 5 heteroatoms. The molecule has 2 saturated heterocycles. The van der Waals surface area contributed by atoms with Crippen molar-refractivity contribution in [1.29, 1.82) is 0 Å². The summed E-state index contributed by atoms with van der Waals surface area (Å²) in [6, 6.07) is 0. The summed E-state index contributed by atoms with van der Waals surface area (Å²) < 4.78 is 6.82. The van der Waals surface area contributed by atoms with Gasteiger partial charge in [0.15, 0.2) is 0 Å². The molecule has 9 unspecified atom stereocenters. The second-order valence-electron chi connectivity index (χ2n) is 15.9. The zero-order chi connectivity index (χ0) is 29.5. The van der Waals surface area contributed by atoms with Gasteiger partial charge in [0.25, 0.3) is 0 Å². The predicted molar refractivity (Wildman–Crippen MR) is 165 cm³/mol. The van der Waals surface area contributed by atoms with Crippen LogP contribution in [0.2, 0.25) is 6.32 Å². The lowest BCUT2D eigenvalue weighted by Crippen LogP contribution is -2.58. The number of rotatable bonds is 12. The van der Waals surface area contributed by atoms with Crippen molar-refractivity contribution in [3.8, 4) is 0 Å². The number of fused-ring (bicyclic) bond motifs is 3. The molecule has 226 valence electrons. The van der Waals surface area contributed by atoms with Crippen LogP contribution < -0.4 is 0 Å². The van der Waals surface area contributed by atoms with Gasteiger partial charge in [-0.1, -0.05) is 67.1 Å². The third-order valence-corrected chi connectivity index (χ3v) is 13.7. The fourth-order valence-electron chi connectivity index (χ4n) is 10.4. The Kier molecular flexibility index (Phi) is 10.1. The van der Waals surface area contributed by atoms with E-state index in [0.717, 1.165) is 31.6 Å². The van der Waals surface area contributed by atoms with E-state index in [1.54, 1.807) is 0 Å². The maximum atomic E-state index is 12.6. The van der Waals surface area contributed by atoms with Crippen LogP contribution in [0.3, 0.4) is 0 Å². The molecule has 40 heavy (non-hydrogen) atoms. The van der Waals surface area contributed by atoms with E-state index in [2.05, 4.69) is 60.4 Å². The number of carbonyl (C=O) groups excluding carboxylic acids is 2. The summed E-state index contributed by atoms with van der Waals surface area (Å²) in [5, 5.41) is 0. The molecule has 0 N–H and O–H groups in total. The highest BCUT2D eigenvalue weighted by Crippen LogP contribution is 2.69. The third kappa shape index (κ3) is 5.65. The van der Waals surface area contributed by atoms with Gasteiger partial charge < -0.3 is 14.4 Å². The maximum absolute atomic E-state index is 12.6. The monoisotopic (exact) mass is 553 g/mol. The quantitative estimate of drug-likeness (QED) is 0.185. The van der Waals surface area contributed by atoms with Crippen molar-refractivity contribution in [3.63, 3.8) is 0 Å². The summed E-state index contributed by atoms with van der Waals surface area (Å²) >= 11 is 0. The molecular weight excluding hydrogens is 493 g/mol. The van der Waals surface area contributed by atoms with Gasteiger partial charge in [-0.15, -0.1) is 0 Å². The number of likely N-dealkylation sites (tertiary alicyclic amines) is 1. The molecule has 0 aromatic rings. The van der Waals surface area contributed by atoms with Gasteiger partial charge in [-0.3, -0.25) is 4.79 Å². The first-order valence-electron chi connectivity index (χ1n) is 16.9. The molecule has 4 nitrogen and oxygen atoms in total. The first kappa shape index (κ1) is 32.2. The van der Waals surface area contributed by atoms with Gasteiger partial charge >= 0.3 is 0 Å². The normalized spacial score (nSPS) is 43.3. The zero-order valence-electron chi connectivity index (χ0n) is 27.2. The molecule has 11 atom stereocenters. The van der Waals surface area contributed by atoms with Gasteiger partial charge in [-0.05, 0) is 99.3 Å². The highest BCUT2D eigenvalue weighted by atomic mass is 16.5. The van der Waals surface area contributed by atoms with E-state index in [9.17, 15) is 9.59 Å². The Labute approximate surface area is 247 Å². The second-order valence-corrected chi connectivity index (χ2v) is 15.9. The number of piperidine rings is 1. The summed E-state index contributed by atoms with van der Waals surface area (Å²) in [6.07, 6.45) is 13.7. The minimum absolute atomic E-state index is 0.0102. The summed E-state index contributed by atoms with van der Waals surface area (Å²) in [7, 11) is 7.86. The van der Waals surface area contributed by atoms with Crippen LogP contribution in [0.5, 0.6) is 0 Å². The molecule has 2 radical (unpaired) electrons. The first-order valence-corrected chi connectivity index (χ1v) is 16.9. The number of nitrogens with zero attached hydrogens (tertiary/aromatic N) is 1. The number of ether oxygens (including phenoxy) is 1. The summed E-state index contributed by atoms with van der Waals surface area (Å²) in [5.41, 5.74) is 0.627. The van der Waals surface area contributed by atoms with E-state index in [4.69, 9.17) is 12.6 Å². The van der Waals surface area contributed by atoms with Crippen molar-refractivity contribution < 1.29 is 14.3 Å². The number of carbonyl (C=O) groups is 2. The summed E-state index contributed by atoms with van der Waals surface area (Å²) in [6.45, 7) is 18.1. The number of aldehydes is 1. The van der Waals surface area contributed by atoms with Crippen LogP contribution >= 0.6 is 0 Å². The minimum Gasteiger partial charge on any atom is -0.367 e. The molecule has 2 aliphatic heterocycles. The van der Waals surface area contributed by atoms with E-state index in [1.165, 1.54) is 44.9 Å². The molecule has 0 spiro atoms. The molecule has 0 amide bonds. The van der Waals surface area contributed by atoms with Gasteiger partial charge in [0, 0.05) is 30.3 Å². The van der Waals surface area contributed by atoms with E-state index in [1.807, 2.05) is 0 Å².